The van der Waals surface area contributed by atoms with Crippen LogP contribution in [-0.2, 0) is 11.2 Å². The first kappa shape index (κ1) is 27.2. The van der Waals surface area contributed by atoms with Crippen LogP contribution in [0.15, 0.2) is 59.7 Å². The van der Waals surface area contributed by atoms with Crippen molar-refractivity contribution in [1.82, 2.24) is 19.5 Å². The molecule has 0 radical (unpaired) electrons. The predicted molar refractivity (Wildman–Crippen MR) is 146 cm³/mol. The van der Waals surface area contributed by atoms with Gasteiger partial charge in [-0.15, -0.1) is 0 Å². The van der Waals surface area contributed by atoms with E-state index in [1.54, 1.807) is 48.1 Å². The summed E-state index contributed by atoms with van der Waals surface area (Å²) in [6, 6.07) is 12.7. The van der Waals surface area contributed by atoms with E-state index in [4.69, 9.17) is 16.3 Å². The molecule has 3 aromatic heterocycles. The van der Waals surface area contributed by atoms with E-state index < -0.39 is 12.1 Å². The summed E-state index contributed by atoms with van der Waals surface area (Å²) in [7, 11) is 1.35. The molecule has 0 fully saturated rings. The molecule has 4 aromatic rings. The number of esters is 1. The highest BCUT2D eigenvalue weighted by atomic mass is 35.5. The Balaban J connectivity index is 1.72. The number of pyridine rings is 2. The first-order valence-corrected chi connectivity index (χ1v) is 12.6. The molecule has 3 heterocycles. The van der Waals surface area contributed by atoms with Crippen LogP contribution in [0.25, 0.3) is 17.1 Å². The van der Waals surface area contributed by atoms with Crippen molar-refractivity contribution < 1.29 is 14.6 Å². The third kappa shape index (κ3) is 5.51. The standard InChI is InChI=1S/C29H29ClN4O4/c1-16(11-20-7-6-8-21(13-20)29(37)38-5)22-12-18(3)34(28(36)26(22)30)25-14-24(32-15-17(25)2)23-9-10-31-27(33-23)19(4)35/h6-10,12-16,19,35H,11H2,1-5H3. The number of rotatable bonds is 7. The summed E-state index contributed by atoms with van der Waals surface area (Å²) in [6.07, 6.45) is 3.02. The maximum atomic E-state index is 13.6. The number of aliphatic hydroxyl groups is 1. The van der Waals surface area contributed by atoms with E-state index in [-0.39, 0.29) is 16.5 Å². The number of hydrogen-bond acceptors (Lipinski definition) is 7. The highest BCUT2D eigenvalue weighted by Crippen LogP contribution is 2.29. The van der Waals surface area contributed by atoms with Crippen molar-refractivity contribution in [2.24, 2.45) is 0 Å². The molecule has 196 valence electrons. The topological polar surface area (TPSA) is 107 Å². The minimum Gasteiger partial charge on any atom is -0.465 e. The molecule has 0 aliphatic rings. The number of aryl methyl sites for hydroxylation is 2. The summed E-state index contributed by atoms with van der Waals surface area (Å²) in [4.78, 5) is 38.5. The monoisotopic (exact) mass is 532 g/mol. The summed E-state index contributed by atoms with van der Waals surface area (Å²) in [5, 5.41) is 10.0. The van der Waals surface area contributed by atoms with Gasteiger partial charge < -0.3 is 9.84 Å². The van der Waals surface area contributed by atoms with Gasteiger partial charge in [0.15, 0.2) is 5.82 Å². The van der Waals surface area contributed by atoms with Crippen molar-refractivity contribution in [2.45, 2.75) is 46.1 Å². The molecule has 1 N–H and O–H groups in total. The molecule has 0 spiro atoms. The van der Waals surface area contributed by atoms with Crippen LogP contribution in [0.4, 0.5) is 0 Å². The largest absolute Gasteiger partial charge is 0.465 e. The number of aromatic nitrogens is 4. The van der Waals surface area contributed by atoms with Crippen molar-refractivity contribution in [3.8, 4) is 17.1 Å². The third-order valence-corrected chi connectivity index (χ3v) is 6.79. The van der Waals surface area contributed by atoms with Gasteiger partial charge in [-0.1, -0.05) is 30.7 Å². The van der Waals surface area contributed by atoms with Crippen LogP contribution in [-0.4, -0.2) is 37.7 Å². The maximum Gasteiger partial charge on any atom is 0.337 e. The average molecular weight is 533 g/mol. The van der Waals surface area contributed by atoms with E-state index in [1.807, 2.05) is 39.0 Å². The Bertz CT molecular complexity index is 1560. The van der Waals surface area contributed by atoms with Gasteiger partial charge >= 0.3 is 5.97 Å². The Hall–Kier alpha value is -3.88. The smallest absolute Gasteiger partial charge is 0.337 e. The molecule has 0 saturated carbocycles. The van der Waals surface area contributed by atoms with E-state index in [0.717, 1.165) is 22.4 Å². The molecule has 0 aliphatic carbocycles. The Morgan fingerprint density at radius 1 is 1.11 bits per heavy atom. The van der Waals surface area contributed by atoms with Gasteiger partial charge in [0, 0.05) is 18.1 Å². The summed E-state index contributed by atoms with van der Waals surface area (Å²) < 4.78 is 6.40. The molecule has 4 rings (SSSR count). The van der Waals surface area contributed by atoms with Crippen LogP contribution in [0.3, 0.4) is 0 Å². The fraction of sp³-hybridized carbons (Fsp3) is 0.276. The summed E-state index contributed by atoms with van der Waals surface area (Å²) in [5.74, 6) is -0.184. The first-order valence-electron chi connectivity index (χ1n) is 12.2. The van der Waals surface area contributed by atoms with E-state index in [1.165, 1.54) is 7.11 Å². The van der Waals surface area contributed by atoms with Crippen LogP contribution in [0.1, 0.15) is 64.4 Å². The second-order valence-corrected chi connectivity index (χ2v) is 9.70. The minimum absolute atomic E-state index is 0.0783. The van der Waals surface area contributed by atoms with Gasteiger partial charge in [0.1, 0.15) is 11.1 Å². The lowest BCUT2D eigenvalue weighted by molar-refractivity contribution is 0.0600. The molecule has 1 aromatic carbocycles. The van der Waals surface area contributed by atoms with Gasteiger partial charge in [0.05, 0.1) is 29.7 Å². The van der Waals surface area contributed by atoms with E-state index in [0.29, 0.717) is 34.9 Å². The van der Waals surface area contributed by atoms with Crippen LogP contribution in [0.2, 0.25) is 5.02 Å². The highest BCUT2D eigenvalue weighted by Gasteiger charge is 2.20. The summed E-state index contributed by atoms with van der Waals surface area (Å²) in [5.41, 5.74) is 5.05. The third-order valence-electron chi connectivity index (χ3n) is 6.41. The lowest BCUT2D eigenvalue weighted by Crippen LogP contribution is -2.24. The molecule has 2 atom stereocenters. The number of carbonyl (C=O) groups excluding carboxylic acids is 1. The van der Waals surface area contributed by atoms with Crippen LogP contribution in [0.5, 0.6) is 0 Å². The van der Waals surface area contributed by atoms with Gasteiger partial charge in [-0.25, -0.2) is 14.8 Å². The molecule has 2 unspecified atom stereocenters. The molecule has 38 heavy (non-hydrogen) atoms. The lowest BCUT2D eigenvalue weighted by Gasteiger charge is -2.19. The zero-order chi connectivity index (χ0) is 27.6. The van der Waals surface area contributed by atoms with Gasteiger partial charge in [-0.05, 0) is 80.1 Å². The maximum absolute atomic E-state index is 13.6. The Kier molecular flexibility index (Phi) is 8.04. The number of benzene rings is 1. The number of hydrogen-bond donors (Lipinski definition) is 1. The molecular weight excluding hydrogens is 504 g/mol. The minimum atomic E-state index is -0.819. The van der Waals surface area contributed by atoms with Crippen molar-refractivity contribution >= 4 is 17.6 Å². The average Bonchev–Trinajstić information content (AvgIpc) is 2.91. The lowest BCUT2D eigenvalue weighted by atomic mass is 9.93. The van der Waals surface area contributed by atoms with Gasteiger partial charge in [0.25, 0.3) is 5.56 Å². The second kappa shape index (κ2) is 11.2. The van der Waals surface area contributed by atoms with Crippen LogP contribution < -0.4 is 5.56 Å². The molecule has 9 heteroatoms. The second-order valence-electron chi connectivity index (χ2n) is 9.32. The molecule has 0 saturated heterocycles. The Morgan fingerprint density at radius 2 is 1.87 bits per heavy atom. The van der Waals surface area contributed by atoms with Gasteiger partial charge in [0.2, 0.25) is 0 Å². The molecule has 0 amide bonds. The number of methoxy groups -OCH3 is 1. The van der Waals surface area contributed by atoms with E-state index in [2.05, 4.69) is 15.0 Å². The fourth-order valence-corrected chi connectivity index (χ4v) is 4.74. The predicted octanol–water partition coefficient (Wildman–Crippen LogP) is 5.15. The Morgan fingerprint density at radius 3 is 2.58 bits per heavy atom. The number of nitrogens with zero attached hydrogens (tertiary/aromatic N) is 4. The summed E-state index contributed by atoms with van der Waals surface area (Å²) in [6.45, 7) is 7.33. The number of halogens is 1. The van der Waals surface area contributed by atoms with Gasteiger partial charge in [-0.2, -0.15) is 0 Å². The van der Waals surface area contributed by atoms with E-state index in [9.17, 15) is 14.7 Å². The quantitative estimate of drug-likeness (QED) is 0.328. The number of carbonyl (C=O) groups is 1. The van der Waals surface area contributed by atoms with Crippen molar-refractivity contribution in [2.75, 3.05) is 7.11 Å². The first-order chi connectivity index (χ1) is 18.1. The molecule has 8 nitrogen and oxygen atoms in total. The summed E-state index contributed by atoms with van der Waals surface area (Å²) >= 11 is 6.68. The SMILES string of the molecule is COC(=O)c1cccc(CC(C)c2cc(C)n(-c3cc(-c4ccnc(C(C)O)n4)ncc3C)c(=O)c2Cl)c1. The van der Waals surface area contributed by atoms with Crippen LogP contribution in [0, 0.1) is 13.8 Å². The number of ether oxygens (including phenoxy) is 1. The zero-order valence-electron chi connectivity index (χ0n) is 21.9. The van der Waals surface area contributed by atoms with Crippen molar-refractivity contribution in [3.05, 3.63) is 104 Å². The highest BCUT2D eigenvalue weighted by molar-refractivity contribution is 6.31. The normalized spacial score (nSPS) is 12.7. The molecule has 0 bridgehead atoms. The fourth-order valence-electron chi connectivity index (χ4n) is 4.41. The molecular formula is C29H29ClN4O4. The van der Waals surface area contributed by atoms with Crippen LogP contribution >= 0.6 is 11.6 Å². The van der Waals surface area contributed by atoms with E-state index >= 15 is 0 Å². The molecule has 0 aliphatic heterocycles. The number of aliphatic hydroxyl groups excluding tert-OH is 1. The van der Waals surface area contributed by atoms with Crippen molar-refractivity contribution in [1.29, 1.82) is 0 Å². The Labute approximate surface area is 226 Å². The van der Waals surface area contributed by atoms with Crippen molar-refractivity contribution in [3.63, 3.8) is 0 Å². The zero-order valence-corrected chi connectivity index (χ0v) is 22.7. The van der Waals surface area contributed by atoms with Gasteiger partial charge in [-0.3, -0.25) is 14.3 Å².